The lowest BCUT2D eigenvalue weighted by Crippen LogP contribution is -2.35. The zero-order chi connectivity index (χ0) is 15.0. The topological polar surface area (TPSA) is 64.1 Å². The van der Waals surface area contributed by atoms with E-state index in [2.05, 4.69) is 15.6 Å². The summed E-state index contributed by atoms with van der Waals surface area (Å²) < 4.78 is 16.0. The fourth-order valence-electron chi connectivity index (χ4n) is 1.91. The second-order valence-corrected chi connectivity index (χ2v) is 4.01. The van der Waals surface area contributed by atoms with Crippen LogP contribution in [0.3, 0.4) is 0 Å². The minimum Gasteiger partial charge on any atom is -0.496 e. The summed E-state index contributed by atoms with van der Waals surface area (Å²) in [5.74, 6) is 2.96. The molecule has 7 heteroatoms. The number of rotatable bonds is 6. The third kappa shape index (κ3) is 5.49. The molecule has 120 valence electrons. The maximum absolute atomic E-state index is 5.41. The van der Waals surface area contributed by atoms with E-state index in [0.717, 1.165) is 29.4 Å². The molecule has 0 saturated heterocycles. The number of methoxy groups -OCH3 is 3. The molecule has 0 aliphatic carbocycles. The highest BCUT2D eigenvalue weighted by Gasteiger charge is 2.13. The Bertz CT molecular complexity index is 442. The number of nitrogens with zero attached hydrogens (tertiary/aromatic N) is 1. The summed E-state index contributed by atoms with van der Waals surface area (Å²) >= 11 is 0. The van der Waals surface area contributed by atoms with E-state index in [1.165, 1.54) is 0 Å². The molecular weight excluding hydrogens is 385 g/mol. The largest absolute Gasteiger partial charge is 0.496 e. The van der Waals surface area contributed by atoms with Crippen molar-refractivity contribution in [2.24, 2.45) is 4.99 Å². The molecule has 0 bridgehead atoms. The predicted octanol–water partition coefficient (Wildman–Crippen LogP) is 1.67. The molecule has 0 fully saturated rings. The molecule has 1 rings (SSSR count). The van der Waals surface area contributed by atoms with Gasteiger partial charge < -0.3 is 24.8 Å². The van der Waals surface area contributed by atoms with Gasteiger partial charge in [0.2, 0.25) is 0 Å². The normalized spacial score (nSPS) is 10.4. The Labute approximate surface area is 143 Å². The molecule has 21 heavy (non-hydrogen) atoms. The van der Waals surface area contributed by atoms with Crippen molar-refractivity contribution in [1.82, 2.24) is 10.6 Å². The van der Waals surface area contributed by atoms with E-state index < -0.39 is 0 Å². The molecule has 0 heterocycles. The summed E-state index contributed by atoms with van der Waals surface area (Å²) in [7, 11) is 8.44. The second kappa shape index (κ2) is 10.4. The van der Waals surface area contributed by atoms with Crippen LogP contribution in [0, 0.1) is 0 Å². The molecule has 0 spiro atoms. The Kier molecular flexibility index (Phi) is 9.68. The Morgan fingerprint density at radius 2 is 1.67 bits per heavy atom. The highest BCUT2D eigenvalue weighted by Crippen LogP contribution is 2.34. The molecule has 0 unspecified atom stereocenters. The average Bonchev–Trinajstić information content (AvgIpc) is 2.50. The number of nitrogens with one attached hydrogen (secondary N) is 2. The number of guanidine groups is 1. The van der Waals surface area contributed by atoms with Gasteiger partial charge >= 0.3 is 0 Å². The van der Waals surface area contributed by atoms with Gasteiger partial charge in [-0.05, 0) is 6.42 Å². The number of hydrogen-bond donors (Lipinski definition) is 2. The van der Waals surface area contributed by atoms with E-state index in [1.54, 1.807) is 28.4 Å². The fourth-order valence-corrected chi connectivity index (χ4v) is 1.91. The van der Waals surface area contributed by atoms with Crippen LogP contribution < -0.4 is 24.8 Å². The first-order valence-electron chi connectivity index (χ1n) is 6.37. The molecular formula is C14H24IN3O3. The Morgan fingerprint density at radius 3 is 2.05 bits per heavy atom. The monoisotopic (exact) mass is 409 g/mol. The van der Waals surface area contributed by atoms with Gasteiger partial charge in [0.15, 0.2) is 5.96 Å². The lowest BCUT2D eigenvalue weighted by Gasteiger charge is -2.16. The van der Waals surface area contributed by atoms with Crippen molar-refractivity contribution in [2.45, 2.75) is 6.42 Å². The molecule has 0 aliphatic rings. The fraction of sp³-hybridized carbons (Fsp3) is 0.500. The highest BCUT2D eigenvalue weighted by atomic mass is 127. The zero-order valence-corrected chi connectivity index (χ0v) is 15.5. The first kappa shape index (κ1) is 19.6. The summed E-state index contributed by atoms with van der Waals surface area (Å²) in [4.78, 5) is 4.06. The second-order valence-electron chi connectivity index (χ2n) is 4.01. The van der Waals surface area contributed by atoms with Gasteiger partial charge in [-0.2, -0.15) is 0 Å². The minimum absolute atomic E-state index is 0. The Hall–Kier alpha value is -1.38. The summed E-state index contributed by atoms with van der Waals surface area (Å²) in [5, 5.41) is 6.17. The lowest BCUT2D eigenvalue weighted by atomic mass is 10.1. The van der Waals surface area contributed by atoms with Crippen LogP contribution in [0.4, 0.5) is 0 Å². The predicted molar refractivity (Wildman–Crippen MR) is 95.6 cm³/mol. The van der Waals surface area contributed by atoms with Crippen molar-refractivity contribution in [3.63, 3.8) is 0 Å². The van der Waals surface area contributed by atoms with Crippen LogP contribution >= 0.6 is 24.0 Å². The van der Waals surface area contributed by atoms with Gasteiger partial charge in [0.25, 0.3) is 0 Å². The van der Waals surface area contributed by atoms with Gasteiger partial charge in [-0.15, -0.1) is 24.0 Å². The van der Waals surface area contributed by atoms with Gasteiger partial charge in [0.1, 0.15) is 17.2 Å². The molecule has 0 atom stereocenters. The maximum Gasteiger partial charge on any atom is 0.190 e. The molecule has 0 radical (unpaired) electrons. The van der Waals surface area contributed by atoms with Crippen molar-refractivity contribution in [1.29, 1.82) is 0 Å². The lowest BCUT2D eigenvalue weighted by molar-refractivity contribution is 0.368. The van der Waals surface area contributed by atoms with Gasteiger partial charge in [-0.25, -0.2) is 0 Å². The van der Waals surface area contributed by atoms with Crippen LogP contribution in [0.1, 0.15) is 5.56 Å². The number of aliphatic imine (C=N–C) groups is 1. The van der Waals surface area contributed by atoms with Crippen molar-refractivity contribution >= 4 is 29.9 Å². The van der Waals surface area contributed by atoms with Gasteiger partial charge in [-0.3, -0.25) is 4.99 Å². The average molecular weight is 409 g/mol. The van der Waals surface area contributed by atoms with Gasteiger partial charge in [-0.1, -0.05) is 0 Å². The van der Waals surface area contributed by atoms with E-state index in [9.17, 15) is 0 Å². The SMILES string of the molecule is CN=C(NC)NCCc1c(OC)cc(OC)cc1OC.I. The molecule has 0 aromatic heterocycles. The summed E-state index contributed by atoms with van der Waals surface area (Å²) in [6, 6.07) is 3.70. The summed E-state index contributed by atoms with van der Waals surface area (Å²) in [5.41, 5.74) is 0.995. The third-order valence-electron chi connectivity index (χ3n) is 2.94. The first-order valence-corrected chi connectivity index (χ1v) is 6.37. The van der Waals surface area contributed by atoms with E-state index in [4.69, 9.17) is 14.2 Å². The zero-order valence-electron chi connectivity index (χ0n) is 13.1. The first-order chi connectivity index (χ1) is 9.69. The maximum atomic E-state index is 5.41. The smallest absolute Gasteiger partial charge is 0.190 e. The molecule has 0 amide bonds. The van der Waals surface area contributed by atoms with Crippen LogP contribution in [-0.2, 0) is 6.42 Å². The van der Waals surface area contributed by atoms with E-state index in [-0.39, 0.29) is 24.0 Å². The van der Waals surface area contributed by atoms with E-state index >= 15 is 0 Å². The molecule has 1 aromatic rings. The third-order valence-corrected chi connectivity index (χ3v) is 2.94. The minimum atomic E-state index is 0. The van der Waals surface area contributed by atoms with E-state index in [0.29, 0.717) is 12.3 Å². The Morgan fingerprint density at radius 1 is 1.10 bits per heavy atom. The van der Waals surface area contributed by atoms with Crippen LogP contribution in [0.15, 0.2) is 17.1 Å². The van der Waals surface area contributed by atoms with Gasteiger partial charge in [0.05, 0.1) is 21.3 Å². The van der Waals surface area contributed by atoms with Crippen molar-refractivity contribution in [3.8, 4) is 17.2 Å². The number of benzene rings is 1. The van der Waals surface area contributed by atoms with Crippen LogP contribution in [0.2, 0.25) is 0 Å². The van der Waals surface area contributed by atoms with Crippen molar-refractivity contribution in [3.05, 3.63) is 17.7 Å². The molecule has 2 N–H and O–H groups in total. The number of hydrogen-bond acceptors (Lipinski definition) is 4. The number of halogens is 1. The molecule has 1 aromatic carbocycles. The molecule has 0 saturated carbocycles. The molecule has 0 aliphatic heterocycles. The van der Waals surface area contributed by atoms with Crippen LogP contribution in [0.5, 0.6) is 17.2 Å². The summed E-state index contributed by atoms with van der Waals surface area (Å²) in [6.07, 6.45) is 0.747. The molecule has 6 nitrogen and oxygen atoms in total. The quantitative estimate of drug-likeness (QED) is 0.425. The van der Waals surface area contributed by atoms with Crippen LogP contribution in [0.25, 0.3) is 0 Å². The number of ether oxygens (including phenoxy) is 3. The van der Waals surface area contributed by atoms with E-state index in [1.807, 2.05) is 19.2 Å². The summed E-state index contributed by atoms with van der Waals surface area (Å²) in [6.45, 7) is 0.715. The van der Waals surface area contributed by atoms with Gasteiger partial charge in [0, 0.05) is 38.3 Å². The Balaban J connectivity index is 0.00000400. The van der Waals surface area contributed by atoms with Crippen LogP contribution in [-0.4, -0.2) is 47.9 Å². The standard InChI is InChI=1S/C14H23N3O3.HI/c1-15-14(16-2)17-7-6-11-12(19-4)8-10(18-3)9-13(11)20-5;/h8-9H,6-7H2,1-5H3,(H2,15,16,17);1H. The highest BCUT2D eigenvalue weighted by molar-refractivity contribution is 14.0. The van der Waals surface area contributed by atoms with Crippen molar-refractivity contribution in [2.75, 3.05) is 42.0 Å². The van der Waals surface area contributed by atoms with Crippen molar-refractivity contribution < 1.29 is 14.2 Å².